The number of anilines is 2. The number of carbonyl (C=O) groups excluding carboxylic acids is 1. The summed E-state index contributed by atoms with van der Waals surface area (Å²) in [6.45, 7) is 2.01. The molecule has 1 aromatic rings. The van der Waals surface area contributed by atoms with Crippen LogP contribution in [0.25, 0.3) is 0 Å². The van der Waals surface area contributed by atoms with Crippen molar-refractivity contribution >= 4 is 37.8 Å². The largest absolute Gasteiger partial charge is 0.396 e. The maximum atomic E-state index is 11.9. The molecule has 0 spiro atoms. The molecule has 1 amide bonds. The van der Waals surface area contributed by atoms with Crippen LogP contribution in [0.15, 0.2) is 4.90 Å². The summed E-state index contributed by atoms with van der Waals surface area (Å²) in [7, 11) is -2.01. The van der Waals surface area contributed by atoms with Gasteiger partial charge in [0.1, 0.15) is 14.8 Å². The number of nitrogens with one attached hydrogen (secondary N) is 2. The van der Waals surface area contributed by atoms with Crippen LogP contribution >= 0.6 is 11.3 Å². The molecule has 2 rings (SSSR count). The Morgan fingerprint density at radius 3 is 2.50 bits per heavy atom. The molecule has 1 unspecified atom stereocenters. The number of carbonyl (C=O) groups is 1. The van der Waals surface area contributed by atoms with Gasteiger partial charge >= 0.3 is 0 Å². The predicted octanol–water partition coefficient (Wildman–Crippen LogP) is 1.30. The number of rotatable bonds is 5. The third kappa shape index (κ3) is 2.90. The van der Waals surface area contributed by atoms with E-state index in [2.05, 4.69) is 10.6 Å². The van der Waals surface area contributed by atoms with Crippen LogP contribution in [-0.2, 0) is 9.84 Å². The molecule has 20 heavy (non-hydrogen) atoms. The van der Waals surface area contributed by atoms with Gasteiger partial charge in [-0.05, 0) is 25.7 Å². The van der Waals surface area contributed by atoms with Crippen LogP contribution in [0, 0.1) is 5.92 Å². The minimum absolute atomic E-state index is 0.0300. The summed E-state index contributed by atoms with van der Waals surface area (Å²) >= 11 is 1.09. The summed E-state index contributed by atoms with van der Waals surface area (Å²) < 4.78 is 23.8. The van der Waals surface area contributed by atoms with Crippen LogP contribution in [0.2, 0.25) is 0 Å². The Kier molecular flexibility index (Phi) is 3.97. The second-order valence-electron chi connectivity index (χ2n) is 5.12. The van der Waals surface area contributed by atoms with E-state index in [1.54, 1.807) is 0 Å². The van der Waals surface area contributed by atoms with Gasteiger partial charge in [-0.25, -0.2) is 8.42 Å². The zero-order valence-corrected chi connectivity index (χ0v) is 13.3. The molecular formula is C12H19N3O3S2. The number of hydrogen-bond acceptors (Lipinski definition) is 6. The quantitative estimate of drug-likeness (QED) is 0.760. The van der Waals surface area contributed by atoms with Gasteiger partial charge in [0.05, 0.1) is 5.69 Å². The van der Waals surface area contributed by atoms with Crippen LogP contribution in [0.3, 0.4) is 0 Å². The van der Waals surface area contributed by atoms with E-state index in [0.29, 0.717) is 10.9 Å². The number of amides is 1. The first-order valence-corrected chi connectivity index (χ1v) is 9.07. The molecule has 112 valence electrons. The average Bonchev–Trinajstić information content (AvgIpc) is 3.12. The van der Waals surface area contributed by atoms with Crippen molar-refractivity contribution in [1.29, 1.82) is 0 Å². The highest BCUT2D eigenvalue weighted by Crippen LogP contribution is 2.41. The van der Waals surface area contributed by atoms with Gasteiger partial charge in [-0.1, -0.05) is 0 Å². The van der Waals surface area contributed by atoms with Crippen molar-refractivity contribution in [2.75, 3.05) is 24.4 Å². The molecule has 0 aliphatic heterocycles. The van der Waals surface area contributed by atoms with Gasteiger partial charge in [0, 0.05) is 19.3 Å². The minimum atomic E-state index is -3.49. The summed E-state index contributed by atoms with van der Waals surface area (Å²) in [6.07, 6.45) is 3.39. The molecule has 0 radical (unpaired) electrons. The summed E-state index contributed by atoms with van der Waals surface area (Å²) in [5, 5.41) is 6.13. The van der Waals surface area contributed by atoms with Gasteiger partial charge in [0.15, 0.2) is 9.84 Å². The number of nitrogen functional groups attached to an aromatic ring is 1. The summed E-state index contributed by atoms with van der Waals surface area (Å²) in [5.41, 5.74) is 5.89. The standard InChI is InChI=1S/C12H19N3O3S2/c1-6(7-4-5-7)15-12-10(20(3,17)18)8(13)9(19-12)11(16)14-2/h6-7,15H,4-5,13H2,1-3H3,(H,14,16). The van der Waals surface area contributed by atoms with Crippen LogP contribution in [0.1, 0.15) is 29.4 Å². The zero-order valence-electron chi connectivity index (χ0n) is 11.7. The third-order valence-corrected chi connectivity index (χ3v) is 5.82. The van der Waals surface area contributed by atoms with Crippen molar-refractivity contribution in [3.8, 4) is 0 Å². The van der Waals surface area contributed by atoms with Crippen molar-refractivity contribution in [1.82, 2.24) is 5.32 Å². The second kappa shape index (κ2) is 5.25. The summed E-state index contributed by atoms with van der Waals surface area (Å²) in [6, 6.07) is 0.172. The highest BCUT2D eigenvalue weighted by molar-refractivity contribution is 7.91. The Morgan fingerprint density at radius 1 is 1.45 bits per heavy atom. The molecule has 1 aromatic heterocycles. The molecule has 6 nitrogen and oxygen atoms in total. The lowest BCUT2D eigenvalue weighted by atomic mass is 10.2. The Labute approximate surface area is 122 Å². The van der Waals surface area contributed by atoms with Crippen molar-refractivity contribution in [3.63, 3.8) is 0 Å². The Morgan fingerprint density at radius 2 is 2.05 bits per heavy atom. The van der Waals surface area contributed by atoms with Gasteiger partial charge in [-0.2, -0.15) is 0 Å². The first-order valence-electron chi connectivity index (χ1n) is 6.36. The van der Waals surface area contributed by atoms with Crippen LogP contribution in [-0.4, -0.2) is 33.7 Å². The smallest absolute Gasteiger partial charge is 0.263 e. The van der Waals surface area contributed by atoms with Crippen molar-refractivity contribution in [2.45, 2.75) is 30.7 Å². The molecule has 4 N–H and O–H groups in total. The Balaban J connectivity index is 2.45. The molecule has 8 heteroatoms. The molecule has 1 heterocycles. The van der Waals surface area contributed by atoms with E-state index in [-0.39, 0.29) is 27.4 Å². The van der Waals surface area contributed by atoms with E-state index in [0.717, 1.165) is 30.4 Å². The van der Waals surface area contributed by atoms with Gasteiger partial charge in [0.25, 0.3) is 5.91 Å². The maximum Gasteiger partial charge on any atom is 0.263 e. The van der Waals surface area contributed by atoms with Gasteiger partial charge in [-0.15, -0.1) is 11.3 Å². The van der Waals surface area contributed by atoms with Gasteiger partial charge in [0.2, 0.25) is 0 Å². The molecule has 0 saturated heterocycles. The summed E-state index contributed by atoms with van der Waals surface area (Å²) in [4.78, 5) is 12.0. The van der Waals surface area contributed by atoms with E-state index < -0.39 is 9.84 Å². The number of nitrogens with two attached hydrogens (primary N) is 1. The van der Waals surface area contributed by atoms with E-state index in [9.17, 15) is 13.2 Å². The van der Waals surface area contributed by atoms with Crippen molar-refractivity contribution in [2.24, 2.45) is 5.92 Å². The molecule has 0 bridgehead atoms. The SMILES string of the molecule is CNC(=O)c1sc(NC(C)C2CC2)c(S(C)(=O)=O)c1N. The number of hydrogen-bond donors (Lipinski definition) is 3. The van der Waals surface area contributed by atoms with E-state index in [4.69, 9.17) is 5.73 Å². The molecule has 1 aliphatic rings. The highest BCUT2D eigenvalue weighted by Gasteiger charge is 2.32. The van der Waals surface area contributed by atoms with E-state index >= 15 is 0 Å². The fourth-order valence-corrected chi connectivity index (χ4v) is 4.69. The second-order valence-corrected chi connectivity index (χ2v) is 8.10. The Bertz CT molecular complexity index is 633. The van der Waals surface area contributed by atoms with Crippen LogP contribution in [0.4, 0.5) is 10.7 Å². The molecule has 1 fully saturated rings. The average molecular weight is 317 g/mol. The lowest BCUT2D eigenvalue weighted by molar-refractivity contribution is 0.0968. The fourth-order valence-electron chi connectivity index (χ4n) is 2.09. The highest BCUT2D eigenvalue weighted by atomic mass is 32.2. The maximum absolute atomic E-state index is 11.9. The van der Waals surface area contributed by atoms with Gasteiger partial charge in [-0.3, -0.25) is 4.79 Å². The topological polar surface area (TPSA) is 101 Å². The zero-order chi connectivity index (χ0) is 15.1. The Hall–Kier alpha value is -1.28. The first-order chi connectivity index (χ1) is 9.25. The molecule has 0 aromatic carbocycles. The summed E-state index contributed by atoms with van der Waals surface area (Å²) in [5.74, 6) is 0.193. The van der Waals surface area contributed by atoms with E-state index in [1.807, 2.05) is 6.92 Å². The molecule has 1 atom stereocenters. The molecule has 1 aliphatic carbocycles. The minimum Gasteiger partial charge on any atom is -0.396 e. The predicted molar refractivity (Wildman–Crippen MR) is 81.0 cm³/mol. The normalized spacial score (nSPS) is 16.8. The third-order valence-electron chi connectivity index (χ3n) is 3.39. The van der Waals surface area contributed by atoms with Crippen molar-refractivity contribution < 1.29 is 13.2 Å². The monoisotopic (exact) mass is 317 g/mol. The first kappa shape index (κ1) is 15.1. The molecular weight excluding hydrogens is 298 g/mol. The van der Waals surface area contributed by atoms with Crippen LogP contribution < -0.4 is 16.4 Å². The molecule has 1 saturated carbocycles. The number of thiophene rings is 1. The lowest BCUT2D eigenvalue weighted by Gasteiger charge is -2.13. The van der Waals surface area contributed by atoms with Gasteiger partial charge < -0.3 is 16.4 Å². The fraction of sp³-hybridized carbons (Fsp3) is 0.583. The lowest BCUT2D eigenvalue weighted by Crippen LogP contribution is -2.18. The number of sulfone groups is 1. The van der Waals surface area contributed by atoms with E-state index in [1.165, 1.54) is 7.05 Å². The van der Waals surface area contributed by atoms with Crippen LogP contribution in [0.5, 0.6) is 0 Å². The van der Waals surface area contributed by atoms with Crippen molar-refractivity contribution in [3.05, 3.63) is 4.88 Å².